The van der Waals surface area contributed by atoms with Gasteiger partial charge < -0.3 is 10.2 Å². The minimum Gasteiger partial charge on any atom is -0.352 e. The standard InChI is InChI=1S/C11H13ClN4O3/c1-15(6-11(17)13-7-2-3-7)10-5-8(16(18)19)4-9(12)14-10/h4-5,7H,2-3,6H2,1H3,(H,13,17). The second-order valence-corrected chi connectivity index (χ2v) is 4.85. The van der Waals surface area contributed by atoms with E-state index in [0.717, 1.165) is 12.8 Å². The second-order valence-electron chi connectivity index (χ2n) is 4.46. The highest BCUT2D eigenvalue weighted by atomic mass is 35.5. The smallest absolute Gasteiger partial charge is 0.276 e. The summed E-state index contributed by atoms with van der Waals surface area (Å²) >= 11 is 5.73. The van der Waals surface area contributed by atoms with Crippen LogP contribution < -0.4 is 10.2 Å². The van der Waals surface area contributed by atoms with Crippen LogP contribution in [0.5, 0.6) is 0 Å². The van der Waals surface area contributed by atoms with Gasteiger partial charge >= 0.3 is 0 Å². The van der Waals surface area contributed by atoms with Crippen LogP contribution in [0.3, 0.4) is 0 Å². The van der Waals surface area contributed by atoms with Crippen LogP contribution in [0, 0.1) is 10.1 Å². The summed E-state index contributed by atoms with van der Waals surface area (Å²) in [7, 11) is 1.63. The average Bonchev–Trinajstić information content (AvgIpc) is 3.11. The van der Waals surface area contributed by atoms with Crippen molar-refractivity contribution in [2.45, 2.75) is 18.9 Å². The lowest BCUT2D eigenvalue weighted by atomic mass is 10.3. The molecule has 19 heavy (non-hydrogen) atoms. The molecule has 0 radical (unpaired) electrons. The highest BCUT2D eigenvalue weighted by Gasteiger charge is 2.24. The Hall–Kier alpha value is -1.89. The zero-order valence-corrected chi connectivity index (χ0v) is 11.1. The largest absolute Gasteiger partial charge is 0.352 e. The van der Waals surface area contributed by atoms with E-state index >= 15 is 0 Å². The van der Waals surface area contributed by atoms with Crippen molar-refractivity contribution >= 4 is 29.0 Å². The number of carbonyl (C=O) groups is 1. The predicted octanol–water partition coefficient (Wildman–Crippen LogP) is 1.36. The maximum absolute atomic E-state index is 11.6. The maximum Gasteiger partial charge on any atom is 0.276 e. The number of aromatic nitrogens is 1. The number of halogens is 1. The van der Waals surface area contributed by atoms with E-state index < -0.39 is 4.92 Å². The number of carbonyl (C=O) groups excluding carboxylic acids is 1. The van der Waals surface area contributed by atoms with Crippen LogP contribution in [0.15, 0.2) is 12.1 Å². The van der Waals surface area contributed by atoms with Crippen LogP contribution in [0.2, 0.25) is 5.15 Å². The van der Waals surface area contributed by atoms with Crippen molar-refractivity contribution < 1.29 is 9.72 Å². The summed E-state index contributed by atoms with van der Waals surface area (Å²) in [6, 6.07) is 2.74. The van der Waals surface area contributed by atoms with Gasteiger partial charge in [0.15, 0.2) is 0 Å². The lowest BCUT2D eigenvalue weighted by molar-refractivity contribution is -0.384. The van der Waals surface area contributed by atoms with Crippen molar-refractivity contribution in [1.82, 2.24) is 10.3 Å². The molecule has 2 rings (SSSR count). The van der Waals surface area contributed by atoms with Gasteiger partial charge in [-0.15, -0.1) is 0 Å². The van der Waals surface area contributed by atoms with Crippen LogP contribution in [-0.2, 0) is 4.79 Å². The summed E-state index contributed by atoms with van der Waals surface area (Å²) in [6.45, 7) is 0.0843. The number of amides is 1. The van der Waals surface area contributed by atoms with Crippen molar-refractivity contribution in [1.29, 1.82) is 0 Å². The third-order valence-electron chi connectivity index (χ3n) is 2.69. The molecular weight excluding hydrogens is 272 g/mol. The minimum atomic E-state index is -0.546. The number of nitrogens with zero attached hydrogens (tertiary/aromatic N) is 3. The minimum absolute atomic E-state index is 0.0265. The van der Waals surface area contributed by atoms with Crippen molar-refractivity contribution in [3.63, 3.8) is 0 Å². The number of hydrogen-bond donors (Lipinski definition) is 1. The molecule has 1 aromatic rings. The highest BCUT2D eigenvalue weighted by molar-refractivity contribution is 6.29. The summed E-state index contributed by atoms with van der Waals surface area (Å²) in [5.74, 6) is 0.166. The maximum atomic E-state index is 11.6. The number of hydrogen-bond acceptors (Lipinski definition) is 5. The number of rotatable bonds is 5. The summed E-state index contributed by atoms with van der Waals surface area (Å²) in [5.41, 5.74) is -0.149. The average molecular weight is 285 g/mol. The second kappa shape index (κ2) is 5.40. The van der Waals surface area contributed by atoms with Crippen LogP contribution in [0.25, 0.3) is 0 Å². The van der Waals surface area contributed by atoms with E-state index in [4.69, 9.17) is 11.6 Å². The van der Waals surface area contributed by atoms with Gasteiger partial charge in [-0.1, -0.05) is 11.6 Å². The molecular formula is C11H13ClN4O3. The summed E-state index contributed by atoms with van der Waals surface area (Å²) in [6.07, 6.45) is 2.02. The number of anilines is 1. The van der Waals surface area contributed by atoms with Crippen LogP contribution in [0.1, 0.15) is 12.8 Å². The van der Waals surface area contributed by atoms with Crippen LogP contribution in [0.4, 0.5) is 11.5 Å². The van der Waals surface area contributed by atoms with E-state index in [1.54, 1.807) is 7.05 Å². The number of pyridine rings is 1. The van der Waals surface area contributed by atoms with Crippen molar-refractivity contribution in [3.05, 3.63) is 27.4 Å². The molecule has 0 atom stereocenters. The lowest BCUT2D eigenvalue weighted by Crippen LogP contribution is -2.36. The Bertz CT molecular complexity index is 519. The first kappa shape index (κ1) is 13.5. The van der Waals surface area contributed by atoms with Gasteiger partial charge in [0, 0.05) is 13.1 Å². The molecule has 1 amide bonds. The molecule has 102 valence electrons. The van der Waals surface area contributed by atoms with E-state index in [9.17, 15) is 14.9 Å². The molecule has 0 unspecified atom stereocenters. The van der Waals surface area contributed by atoms with Gasteiger partial charge in [-0.3, -0.25) is 14.9 Å². The topological polar surface area (TPSA) is 88.4 Å². The fourth-order valence-corrected chi connectivity index (χ4v) is 1.77. The van der Waals surface area contributed by atoms with Gasteiger partial charge in [-0.2, -0.15) is 0 Å². The molecule has 0 aromatic carbocycles. The molecule has 1 aliphatic carbocycles. The monoisotopic (exact) mass is 284 g/mol. The predicted molar refractivity (Wildman–Crippen MR) is 70.3 cm³/mol. The molecule has 1 aromatic heterocycles. The molecule has 7 nitrogen and oxygen atoms in total. The molecule has 0 aliphatic heterocycles. The fourth-order valence-electron chi connectivity index (χ4n) is 1.57. The molecule has 1 N–H and O–H groups in total. The zero-order valence-electron chi connectivity index (χ0n) is 10.3. The van der Waals surface area contributed by atoms with Crippen molar-refractivity contribution in [2.75, 3.05) is 18.5 Å². The quantitative estimate of drug-likeness (QED) is 0.501. The molecule has 1 aliphatic rings. The first-order valence-corrected chi connectivity index (χ1v) is 6.16. The van der Waals surface area contributed by atoms with E-state index in [2.05, 4.69) is 10.3 Å². The van der Waals surface area contributed by atoms with Gasteiger partial charge in [0.2, 0.25) is 5.91 Å². The van der Waals surface area contributed by atoms with E-state index in [-0.39, 0.29) is 29.3 Å². The molecule has 0 bridgehead atoms. The number of likely N-dealkylation sites (N-methyl/N-ethyl adjacent to an activating group) is 1. The number of nitrogens with one attached hydrogen (secondary N) is 1. The van der Waals surface area contributed by atoms with E-state index in [0.29, 0.717) is 5.82 Å². The Kier molecular flexibility index (Phi) is 3.84. The number of nitro groups is 1. The first-order chi connectivity index (χ1) is 8.95. The third-order valence-corrected chi connectivity index (χ3v) is 2.88. The summed E-state index contributed by atoms with van der Waals surface area (Å²) in [4.78, 5) is 27.3. The Morgan fingerprint density at radius 1 is 1.63 bits per heavy atom. The SMILES string of the molecule is CN(CC(=O)NC1CC1)c1cc([N+](=O)[O-])cc(Cl)n1. The van der Waals surface area contributed by atoms with E-state index in [1.165, 1.54) is 17.0 Å². The first-order valence-electron chi connectivity index (χ1n) is 5.78. The molecule has 1 fully saturated rings. The third kappa shape index (κ3) is 3.78. The Balaban J connectivity index is 2.06. The molecule has 8 heteroatoms. The van der Waals surface area contributed by atoms with Gasteiger partial charge in [-0.25, -0.2) is 4.98 Å². The van der Waals surface area contributed by atoms with Gasteiger partial charge in [-0.05, 0) is 12.8 Å². The molecule has 1 saturated carbocycles. The van der Waals surface area contributed by atoms with Crippen LogP contribution in [-0.4, -0.2) is 35.4 Å². The Labute approximate surface area is 114 Å². The molecule has 1 heterocycles. The fraction of sp³-hybridized carbons (Fsp3) is 0.455. The summed E-state index contributed by atoms with van der Waals surface area (Å²) in [5, 5.41) is 13.6. The van der Waals surface area contributed by atoms with Gasteiger partial charge in [0.05, 0.1) is 23.6 Å². The Morgan fingerprint density at radius 3 is 2.89 bits per heavy atom. The Morgan fingerprint density at radius 2 is 2.32 bits per heavy atom. The van der Waals surface area contributed by atoms with Crippen molar-refractivity contribution in [2.24, 2.45) is 0 Å². The molecule has 0 saturated heterocycles. The van der Waals surface area contributed by atoms with Gasteiger partial charge in [0.1, 0.15) is 11.0 Å². The molecule has 0 spiro atoms. The van der Waals surface area contributed by atoms with Crippen LogP contribution >= 0.6 is 11.6 Å². The zero-order chi connectivity index (χ0) is 14.0. The normalized spacial score (nSPS) is 14.0. The van der Waals surface area contributed by atoms with E-state index in [1.807, 2.05) is 0 Å². The highest BCUT2D eigenvalue weighted by Crippen LogP contribution is 2.22. The van der Waals surface area contributed by atoms with Crippen molar-refractivity contribution in [3.8, 4) is 0 Å². The van der Waals surface area contributed by atoms with Gasteiger partial charge in [0.25, 0.3) is 5.69 Å². The lowest BCUT2D eigenvalue weighted by Gasteiger charge is -2.17. The summed E-state index contributed by atoms with van der Waals surface area (Å²) < 4.78 is 0.